The Balaban J connectivity index is 2.01. The van der Waals surface area contributed by atoms with Gasteiger partial charge in [-0.1, -0.05) is 0 Å². The summed E-state index contributed by atoms with van der Waals surface area (Å²) in [4.78, 5) is 12.0. The van der Waals surface area contributed by atoms with Crippen LogP contribution in [0.3, 0.4) is 0 Å². The topological polar surface area (TPSA) is 38.3 Å². The molecule has 0 saturated carbocycles. The molecule has 0 spiro atoms. The third-order valence-electron chi connectivity index (χ3n) is 2.91. The van der Waals surface area contributed by atoms with Gasteiger partial charge in [-0.15, -0.1) is 0 Å². The zero-order chi connectivity index (χ0) is 12.3. The number of rotatable bonds is 3. The van der Waals surface area contributed by atoms with Gasteiger partial charge >= 0.3 is 0 Å². The van der Waals surface area contributed by atoms with Crippen molar-refractivity contribution in [1.82, 2.24) is 5.32 Å². The molecule has 1 aliphatic rings. The number of ketones is 1. The van der Waals surface area contributed by atoms with Gasteiger partial charge in [0.15, 0.2) is 5.78 Å². The van der Waals surface area contributed by atoms with Crippen LogP contribution in [-0.2, 0) is 4.74 Å². The Kier molecular flexibility index (Phi) is 3.86. The maximum absolute atomic E-state index is 13.1. The summed E-state index contributed by atoms with van der Waals surface area (Å²) in [7, 11) is 0. The molecular weight excluding hydrogens is 221 g/mol. The van der Waals surface area contributed by atoms with E-state index in [1.54, 1.807) is 13.0 Å². The number of hydrogen-bond donors (Lipinski definition) is 1. The van der Waals surface area contributed by atoms with Gasteiger partial charge in [0.25, 0.3) is 0 Å². The Bertz CT molecular complexity index is 414. The van der Waals surface area contributed by atoms with Crippen molar-refractivity contribution >= 4 is 5.78 Å². The number of morpholine rings is 1. The van der Waals surface area contributed by atoms with Crippen LogP contribution in [0.2, 0.25) is 0 Å². The van der Waals surface area contributed by atoms with Crippen molar-refractivity contribution in [3.63, 3.8) is 0 Å². The fourth-order valence-corrected chi connectivity index (χ4v) is 1.91. The van der Waals surface area contributed by atoms with Crippen molar-refractivity contribution in [3.05, 3.63) is 35.1 Å². The second-order valence-electron chi connectivity index (χ2n) is 4.32. The van der Waals surface area contributed by atoms with E-state index >= 15 is 0 Å². The van der Waals surface area contributed by atoms with Crippen molar-refractivity contribution in [2.24, 2.45) is 0 Å². The molecule has 0 aliphatic carbocycles. The summed E-state index contributed by atoms with van der Waals surface area (Å²) in [6.45, 7) is 3.70. The molecule has 2 rings (SSSR count). The Morgan fingerprint density at radius 2 is 2.41 bits per heavy atom. The summed E-state index contributed by atoms with van der Waals surface area (Å²) in [5.41, 5.74) is 1.07. The predicted octanol–water partition coefficient (Wildman–Crippen LogP) is 1.70. The number of carbonyl (C=O) groups excluding carboxylic acids is 1. The molecule has 1 unspecified atom stereocenters. The lowest BCUT2D eigenvalue weighted by Gasteiger charge is -2.23. The predicted molar refractivity (Wildman–Crippen MR) is 62.7 cm³/mol. The largest absolute Gasteiger partial charge is 0.378 e. The Morgan fingerprint density at radius 3 is 3.06 bits per heavy atom. The molecule has 0 amide bonds. The van der Waals surface area contributed by atoms with Gasteiger partial charge < -0.3 is 10.1 Å². The van der Waals surface area contributed by atoms with E-state index < -0.39 is 0 Å². The van der Waals surface area contributed by atoms with Gasteiger partial charge in [0.1, 0.15) is 5.82 Å². The molecule has 4 heteroatoms. The van der Waals surface area contributed by atoms with Gasteiger partial charge in [0, 0.05) is 24.6 Å². The molecule has 17 heavy (non-hydrogen) atoms. The van der Waals surface area contributed by atoms with E-state index in [0.29, 0.717) is 30.8 Å². The molecule has 1 fully saturated rings. The second kappa shape index (κ2) is 5.38. The number of halogens is 1. The number of hydrogen-bond acceptors (Lipinski definition) is 3. The molecule has 1 heterocycles. The average Bonchev–Trinajstić information content (AvgIpc) is 2.34. The van der Waals surface area contributed by atoms with Gasteiger partial charge in [-0.3, -0.25) is 4.79 Å². The van der Waals surface area contributed by atoms with E-state index in [9.17, 15) is 9.18 Å². The molecule has 1 aliphatic heterocycles. The molecular formula is C13H16FNO2. The van der Waals surface area contributed by atoms with Crippen molar-refractivity contribution in [3.8, 4) is 0 Å². The van der Waals surface area contributed by atoms with Crippen molar-refractivity contribution in [1.29, 1.82) is 0 Å². The first kappa shape index (κ1) is 12.2. The maximum Gasteiger partial charge on any atom is 0.164 e. The summed E-state index contributed by atoms with van der Waals surface area (Å²) in [6.07, 6.45) is 0.394. The number of carbonyl (C=O) groups is 1. The quantitative estimate of drug-likeness (QED) is 0.813. The van der Waals surface area contributed by atoms with Gasteiger partial charge in [-0.05, 0) is 30.7 Å². The highest BCUT2D eigenvalue weighted by atomic mass is 19.1. The number of nitrogens with one attached hydrogen (secondary N) is 1. The zero-order valence-electron chi connectivity index (χ0n) is 9.83. The molecule has 1 aromatic carbocycles. The normalized spacial score (nSPS) is 20.2. The monoisotopic (exact) mass is 237 g/mol. The molecule has 0 radical (unpaired) electrons. The van der Waals surface area contributed by atoms with Crippen LogP contribution in [0.1, 0.15) is 22.3 Å². The Hall–Kier alpha value is -1.26. The lowest BCUT2D eigenvalue weighted by Crippen LogP contribution is -2.42. The van der Waals surface area contributed by atoms with E-state index in [-0.39, 0.29) is 17.6 Å². The molecule has 92 valence electrons. The highest BCUT2D eigenvalue weighted by Gasteiger charge is 2.18. The van der Waals surface area contributed by atoms with Gasteiger partial charge in [0.05, 0.1) is 13.2 Å². The first-order valence-corrected chi connectivity index (χ1v) is 5.77. The SMILES string of the molecule is Cc1cc(C(=O)CC2COCCN2)ccc1F. The number of aryl methyl sites for hydroxylation is 1. The van der Waals surface area contributed by atoms with Crippen LogP contribution in [0.4, 0.5) is 4.39 Å². The van der Waals surface area contributed by atoms with Crippen LogP contribution in [0.5, 0.6) is 0 Å². The molecule has 3 nitrogen and oxygen atoms in total. The molecule has 0 aromatic heterocycles. The minimum atomic E-state index is -0.277. The van der Waals surface area contributed by atoms with Crippen LogP contribution in [0.25, 0.3) is 0 Å². The van der Waals surface area contributed by atoms with E-state index in [1.165, 1.54) is 12.1 Å². The van der Waals surface area contributed by atoms with Crippen LogP contribution in [0.15, 0.2) is 18.2 Å². The first-order chi connectivity index (χ1) is 8.16. The Morgan fingerprint density at radius 1 is 1.59 bits per heavy atom. The van der Waals surface area contributed by atoms with Crippen molar-refractivity contribution in [2.75, 3.05) is 19.8 Å². The van der Waals surface area contributed by atoms with Gasteiger partial charge in [0.2, 0.25) is 0 Å². The van der Waals surface area contributed by atoms with Crippen LogP contribution in [-0.4, -0.2) is 31.6 Å². The third kappa shape index (κ3) is 3.11. The van der Waals surface area contributed by atoms with Crippen LogP contribution in [0, 0.1) is 12.7 Å². The van der Waals surface area contributed by atoms with E-state index in [0.717, 1.165) is 6.54 Å². The van der Waals surface area contributed by atoms with E-state index in [4.69, 9.17) is 4.74 Å². The number of benzene rings is 1. The van der Waals surface area contributed by atoms with Crippen molar-refractivity contribution < 1.29 is 13.9 Å². The lowest BCUT2D eigenvalue weighted by atomic mass is 10.0. The first-order valence-electron chi connectivity index (χ1n) is 5.77. The average molecular weight is 237 g/mol. The van der Waals surface area contributed by atoms with E-state index in [2.05, 4.69) is 5.32 Å². The van der Waals surface area contributed by atoms with E-state index in [1.807, 2.05) is 0 Å². The minimum absolute atomic E-state index is 0.0242. The maximum atomic E-state index is 13.1. The summed E-state index contributed by atoms with van der Waals surface area (Å²) >= 11 is 0. The number of Topliss-reactive ketones (excluding diaryl/α,β-unsaturated/α-hetero) is 1. The second-order valence-corrected chi connectivity index (χ2v) is 4.32. The summed E-state index contributed by atoms with van der Waals surface area (Å²) in [5.74, 6) is -0.253. The summed E-state index contributed by atoms with van der Waals surface area (Å²) in [5, 5.41) is 3.23. The molecule has 1 saturated heterocycles. The fraction of sp³-hybridized carbons (Fsp3) is 0.462. The Labute approximate surface area is 100.0 Å². The molecule has 1 N–H and O–H groups in total. The molecule has 0 bridgehead atoms. The lowest BCUT2D eigenvalue weighted by molar-refractivity contribution is 0.0676. The smallest absolute Gasteiger partial charge is 0.164 e. The van der Waals surface area contributed by atoms with Crippen LogP contribution < -0.4 is 5.32 Å². The highest BCUT2D eigenvalue weighted by molar-refractivity contribution is 5.96. The fourth-order valence-electron chi connectivity index (χ4n) is 1.91. The summed E-state index contributed by atoms with van der Waals surface area (Å²) < 4.78 is 18.4. The van der Waals surface area contributed by atoms with Crippen LogP contribution >= 0.6 is 0 Å². The highest BCUT2D eigenvalue weighted by Crippen LogP contribution is 2.12. The van der Waals surface area contributed by atoms with Crippen molar-refractivity contribution in [2.45, 2.75) is 19.4 Å². The van der Waals surface area contributed by atoms with Gasteiger partial charge in [-0.25, -0.2) is 4.39 Å². The minimum Gasteiger partial charge on any atom is -0.378 e. The standard InChI is InChI=1S/C13H16FNO2/c1-9-6-10(2-3-12(9)14)13(16)7-11-8-17-5-4-15-11/h2-3,6,11,15H,4-5,7-8H2,1H3. The summed E-state index contributed by atoms with van der Waals surface area (Å²) in [6, 6.07) is 4.55. The number of ether oxygens (including phenoxy) is 1. The molecule has 1 atom stereocenters. The third-order valence-corrected chi connectivity index (χ3v) is 2.91. The van der Waals surface area contributed by atoms with Gasteiger partial charge in [-0.2, -0.15) is 0 Å². The zero-order valence-corrected chi connectivity index (χ0v) is 9.83. The molecule has 1 aromatic rings.